The van der Waals surface area contributed by atoms with Crippen LogP contribution < -0.4 is 9.62 Å². The molecule has 0 bridgehead atoms. The molecule has 0 saturated carbocycles. The van der Waals surface area contributed by atoms with Gasteiger partial charge in [0.25, 0.3) is 0 Å². The largest absolute Gasteiger partial charge is 0.355 e. The number of halogens is 1. The molecule has 0 radical (unpaired) electrons. The number of carbonyl (C=O) groups excluding carboxylic acids is 2. The summed E-state index contributed by atoms with van der Waals surface area (Å²) in [6.07, 6.45) is 2.02. The van der Waals surface area contributed by atoms with E-state index in [2.05, 4.69) is 5.32 Å². The third-order valence-corrected chi connectivity index (χ3v) is 7.46. The van der Waals surface area contributed by atoms with Gasteiger partial charge in [-0.05, 0) is 56.9 Å². The molecule has 0 aliphatic heterocycles. The molecule has 0 aliphatic rings. The number of sulfonamides is 1. The number of likely N-dealkylation sites (N-methyl/N-ethyl adjacent to an activating group) is 1. The van der Waals surface area contributed by atoms with E-state index in [-0.39, 0.29) is 24.8 Å². The molecule has 7 nitrogen and oxygen atoms in total. The standard InChI is InChI=1S/C26H36ClN3O4S/c1-6-23(26(32)28-7-2)29(18-21-15-13-19(3)14-16-21)25(31)12-9-17-30(35(5,33)34)24-11-8-10-22(27)20(24)4/h8,10-11,13-16,23H,6-7,9,12,17-18H2,1-5H3,(H,28,32). The van der Waals surface area contributed by atoms with Gasteiger partial charge in [-0.1, -0.05) is 54.4 Å². The predicted octanol–water partition coefficient (Wildman–Crippen LogP) is 4.45. The van der Waals surface area contributed by atoms with Crippen LogP contribution in [-0.4, -0.2) is 50.5 Å². The number of benzene rings is 2. The lowest BCUT2D eigenvalue weighted by atomic mass is 10.1. The van der Waals surface area contributed by atoms with Crippen LogP contribution in [0.2, 0.25) is 5.02 Å². The van der Waals surface area contributed by atoms with Crippen molar-refractivity contribution in [2.75, 3.05) is 23.7 Å². The zero-order valence-corrected chi connectivity index (χ0v) is 22.7. The molecular weight excluding hydrogens is 486 g/mol. The van der Waals surface area contributed by atoms with Gasteiger partial charge < -0.3 is 10.2 Å². The van der Waals surface area contributed by atoms with Crippen molar-refractivity contribution in [3.8, 4) is 0 Å². The Hall–Kier alpha value is -2.58. The summed E-state index contributed by atoms with van der Waals surface area (Å²) in [4.78, 5) is 27.7. The Bertz CT molecular complexity index is 1120. The number of rotatable bonds is 12. The molecule has 0 aromatic heterocycles. The van der Waals surface area contributed by atoms with Crippen LogP contribution >= 0.6 is 11.6 Å². The van der Waals surface area contributed by atoms with Crippen LogP contribution in [0.15, 0.2) is 42.5 Å². The van der Waals surface area contributed by atoms with Gasteiger partial charge in [0.1, 0.15) is 6.04 Å². The number of amides is 2. The highest BCUT2D eigenvalue weighted by Gasteiger charge is 2.28. The van der Waals surface area contributed by atoms with E-state index in [4.69, 9.17) is 11.6 Å². The number of nitrogens with one attached hydrogen (secondary N) is 1. The monoisotopic (exact) mass is 521 g/mol. The fraction of sp³-hybridized carbons (Fsp3) is 0.462. The van der Waals surface area contributed by atoms with Gasteiger partial charge in [-0.3, -0.25) is 13.9 Å². The Balaban J connectivity index is 2.23. The van der Waals surface area contributed by atoms with Crippen molar-refractivity contribution < 1.29 is 18.0 Å². The fourth-order valence-corrected chi connectivity index (χ4v) is 5.14. The van der Waals surface area contributed by atoms with Gasteiger partial charge in [0.05, 0.1) is 11.9 Å². The first kappa shape index (κ1) is 28.7. The molecule has 1 unspecified atom stereocenters. The summed E-state index contributed by atoms with van der Waals surface area (Å²) in [5.74, 6) is -0.386. The first-order valence-electron chi connectivity index (χ1n) is 11.8. The van der Waals surface area contributed by atoms with Gasteiger partial charge in [-0.15, -0.1) is 0 Å². The number of nitrogens with zero attached hydrogens (tertiary/aromatic N) is 2. The van der Waals surface area contributed by atoms with E-state index in [1.165, 1.54) is 4.31 Å². The maximum absolute atomic E-state index is 13.4. The molecule has 192 valence electrons. The lowest BCUT2D eigenvalue weighted by molar-refractivity contribution is -0.141. The molecule has 2 aromatic carbocycles. The Morgan fingerprint density at radius 3 is 2.29 bits per heavy atom. The first-order valence-corrected chi connectivity index (χ1v) is 14.1. The molecule has 2 rings (SSSR count). The van der Waals surface area contributed by atoms with Gasteiger partial charge in [0, 0.05) is 31.1 Å². The Morgan fingerprint density at radius 1 is 1.06 bits per heavy atom. The summed E-state index contributed by atoms with van der Waals surface area (Å²) in [7, 11) is -3.58. The summed E-state index contributed by atoms with van der Waals surface area (Å²) in [6.45, 7) is 8.38. The zero-order chi connectivity index (χ0) is 26.2. The number of hydrogen-bond acceptors (Lipinski definition) is 4. The zero-order valence-electron chi connectivity index (χ0n) is 21.2. The van der Waals surface area contributed by atoms with Gasteiger partial charge in [-0.2, -0.15) is 0 Å². The lowest BCUT2D eigenvalue weighted by Crippen LogP contribution is -2.49. The van der Waals surface area contributed by atoms with Crippen LogP contribution in [0.3, 0.4) is 0 Å². The van der Waals surface area contributed by atoms with Gasteiger partial charge >= 0.3 is 0 Å². The van der Waals surface area contributed by atoms with E-state index in [1.807, 2.05) is 45.0 Å². The van der Waals surface area contributed by atoms with Crippen molar-refractivity contribution in [1.29, 1.82) is 0 Å². The van der Waals surface area contributed by atoms with Crippen LogP contribution in [0.5, 0.6) is 0 Å². The minimum Gasteiger partial charge on any atom is -0.355 e. The van der Waals surface area contributed by atoms with Crippen LogP contribution in [0.4, 0.5) is 5.69 Å². The topological polar surface area (TPSA) is 86.8 Å². The van der Waals surface area contributed by atoms with E-state index < -0.39 is 16.1 Å². The molecule has 2 amide bonds. The summed E-state index contributed by atoms with van der Waals surface area (Å²) >= 11 is 6.21. The Labute approximate surface area is 214 Å². The molecule has 0 fully saturated rings. The summed E-state index contributed by atoms with van der Waals surface area (Å²) < 4.78 is 26.3. The lowest BCUT2D eigenvalue weighted by Gasteiger charge is -2.31. The smallest absolute Gasteiger partial charge is 0.242 e. The minimum atomic E-state index is -3.58. The maximum atomic E-state index is 13.4. The van der Waals surface area contributed by atoms with Crippen molar-refractivity contribution in [2.24, 2.45) is 0 Å². The third-order valence-electron chi connectivity index (χ3n) is 5.87. The highest BCUT2D eigenvalue weighted by molar-refractivity contribution is 7.92. The summed E-state index contributed by atoms with van der Waals surface area (Å²) in [5.41, 5.74) is 3.20. The van der Waals surface area contributed by atoms with E-state index in [0.29, 0.717) is 42.2 Å². The van der Waals surface area contributed by atoms with Crippen LogP contribution in [0.1, 0.15) is 49.8 Å². The van der Waals surface area contributed by atoms with Crippen LogP contribution in [-0.2, 0) is 26.2 Å². The molecule has 0 saturated heterocycles. The highest BCUT2D eigenvalue weighted by Crippen LogP contribution is 2.28. The van der Waals surface area contributed by atoms with Crippen molar-refractivity contribution in [3.63, 3.8) is 0 Å². The summed E-state index contributed by atoms with van der Waals surface area (Å²) in [5, 5.41) is 3.30. The van der Waals surface area contributed by atoms with Crippen LogP contribution in [0.25, 0.3) is 0 Å². The number of hydrogen-bond donors (Lipinski definition) is 1. The van der Waals surface area contributed by atoms with Crippen molar-refractivity contribution in [2.45, 2.75) is 59.5 Å². The SMILES string of the molecule is CCNC(=O)C(CC)N(Cc1ccc(C)cc1)C(=O)CCCN(c1cccc(Cl)c1C)S(C)(=O)=O. The average Bonchev–Trinajstić information content (AvgIpc) is 2.79. The molecule has 1 atom stereocenters. The van der Waals surface area contributed by atoms with Crippen molar-refractivity contribution >= 4 is 39.1 Å². The molecule has 0 aliphatic carbocycles. The van der Waals surface area contributed by atoms with Gasteiger partial charge in [-0.25, -0.2) is 8.42 Å². The minimum absolute atomic E-state index is 0.105. The van der Waals surface area contributed by atoms with E-state index in [1.54, 1.807) is 30.0 Å². The number of anilines is 1. The molecule has 0 spiro atoms. The molecule has 2 aromatic rings. The molecule has 1 N–H and O–H groups in total. The summed E-state index contributed by atoms with van der Waals surface area (Å²) in [6, 6.07) is 12.4. The second kappa shape index (κ2) is 12.9. The van der Waals surface area contributed by atoms with E-state index in [9.17, 15) is 18.0 Å². The maximum Gasteiger partial charge on any atom is 0.242 e. The predicted molar refractivity (Wildman–Crippen MR) is 142 cm³/mol. The van der Waals surface area contributed by atoms with E-state index >= 15 is 0 Å². The van der Waals surface area contributed by atoms with Crippen LogP contribution in [0, 0.1) is 13.8 Å². The van der Waals surface area contributed by atoms with Gasteiger partial charge in [0.15, 0.2) is 0 Å². The fourth-order valence-electron chi connectivity index (χ4n) is 3.95. The Kier molecular flexibility index (Phi) is 10.6. The van der Waals surface area contributed by atoms with E-state index in [0.717, 1.165) is 17.4 Å². The quantitative estimate of drug-likeness (QED) is 0.447. The number of aryl methyl sites for hydroxylation is 1. The van der Waals surface area contributed by atoms with Crippen molar-refractivity contribution in [1.82, 2.24) is 10.2 Å². The first-order chi connectivity index (χ1) is 16.5. The second-order valence-electron chi connectivity index (χ2n) is 8.65. The Morgan fingerprint density at radius 2 is 1.71 bits per heavy atom. The van der Waals surface area contributed by atoms with Crippen molar-refractivity contribution in [3.05, 3.63) is 64.2 Å². The molecular formula is C26H36ClN3O4S. The molecule has 9 heteroatoms. The average molecular weight is 522 g/mol. The number of carbonyl (C=O) groups is 2. The second-order valence-corrected chi connectivity index (χ2v) is 11.0. The third kappa shape index (κ3) is 7.97. The molecule has 0 heterocycles. The molecule has 35 heavy (non-hydrogen) atoms. The highest BCUT2D eigenvalue weighted by atomic mass is 35.5. The normalized spacial score (nSPS) is 12.2. The van der Waals surface area contributed by atoms with Gasteiger partial charge in [0.2, 0.25) is 21.8 Å².